The Morgan fingerprint density at radius 2 is 2.44 bits per heavy atom. The van der Waals surface area contributed by atoms with Crippen LogP contribution in [0.1, 0.15) is 26.2 Å². The number of carbonyl (C=O) groups is 1. The van der Waals surface area contributed by atoms with E-state index in [4.69, 9.17) is 4.74 Å². The van der Waals surface area contributed by atoms with E-state index in [2.05, 4.69) is 15.6 Å². The molecule has 5 nitrogen and oxygen atoms in total. The van der Waals surface area contributed by atoms with Gasteiger partial charge in [0.05, 0.1) is 24.5 Å². The highest BCUT2D eigenvalue weighted by atomic mass is 16.5. The van der Waals surface area contributed by atoms with Crippen molar-refractivity contribution >= 4 is 11.6 Å². The van der Waals surface area contributed by atoms with Crippen LogP contribution in [-0.4, -0.2) is 30.1 Å². The fraction of sp³-hybridized carbons (Fsp3) is 0.538. The number of hydrogen-bond acceptors (Lipinski definition) is 4. The molecule has 0 bridgehead atoms. The maximum Gasteiger partial charge on any atom is 0.241 e. The monoisotopic (exact) mass is 249 g/mol. The van der Waals surface area contributed by atoms with Gasteiger partial charge in [0, 0.05) is 6.07 Å². The van der Waals surface area contributed by atoms with E-state index in [1.165, 1.54) is 0 Å². The Morgan fingerprint density at radius 1 is 1.56 bits per heavy atom. The van der Waals surface area contributed by atoms with Gasteiger partial charge in [-0.1, -0.05) is 6.42 Å². The van der Waals surface area contributed by atoms with Crippen molar-refractivity contribution in [3.8, 4) is 5.88 Å². The molecule has 1 amide bonds. The van der Waals surface area contributed by atoms with Gasteiger partial charge in [0.15, 0.2) is 0 Å². The number of aromatic nitrogens is 1. The van der Waals surface area contributed by atoms with E-state index >= 15 is 0 Å². The molecular formula is C13H19N3O2. The minimum atomic E-state index is -0.0784. The summed E-state index contributed by atoms with van der Waals surface area (Å²) < 4.78 is 5.25. The lowest BCUT2D eigenvalue weighted by Crippen LogP contribution is -2.43. The summed E-state index contributed by atoms with van der Waals surface area (Å²) in [4.78, 5) is 16.1. The molecule has 0 spiro atoms. The van der Waals surface area contributed by atoms with E-state index in [9.17, 15) is 4.79 Å². The van der Waals surface area contributed by atoms with Crippen LogP contribution in [0.5, 0.6) is 5.88 Å². The number of rotatable bonds is 4. The third kappa shape index (κ3) is 3.43. The van der Waals surface area contributed by atoms with Gasteiger partial charge in [-0.3, -0.25) is 4.79 Å². The lowest BCUT2D eigenvalue weighted by Gasteiger charge is -2.22. The number of amides is 1. The van der Waals surface area contributed by atoms with E-state index in [-0.39, 0.29) is 11.9 Å². The highest BCUT2D eigenvalue weighted by molar-refractivity contribution is 5.94. The molecule has 2 heterocycles. The molecule has 0 aliphatic carbocycles. The van der Waals surface area contributed by atoms with E-state index in [1.807, 2.05) is 6.92 Å². The summed E-state index contributed by atoms with van der Waals surface area (Å²) in [7, 11) is 0. The minimum Gasteiger partial charge on any atom is -0.478 e. The summed E-state index contributed by atoms with van der Waals surface area (Å²) >= 11 is 0. The largest absolute Gasteiger partial charge is 0.478 e. The first kappa shape index (κ1) is 12.8. The molecule has 1 fully saturated rings. The molecule has 1 unspecified atom stereocenters. The summed E-state index contributed by atoms with van der Waals surface area (Å²) in [6.45, 7) is 3.41. The van der Waals surface area contributed by atoms with Crippen LogP contribution in [0.15, 0.2) is 18.3 Å². The Kier molecular flexibility index (Phi) is 4.52. The van der Waals surface area contributed by atoms with Crippen LogP contribution in [0.3, 0.4) is 0 Å². The van der Waals surface area contributed by atoms with Crippen molar-refractivity contribution in [2.75, 3.05) is 18.5 Å². The van der Waals surface area contributed by atoms with Crippen LogP contribution < -0.4 is 15.4 Å². The predicted molar refractivity (Wildman–Crippen MR) is 69.7 cm³/mol. The van der Waals surface area contributed by atoms with Crippen molar-refractivity contribution in [2.24, 2.45) is 0 Å². The van der Waals surface area contributed by atoms with Gasteiger partial charge in [-0.15, -0.1) is 0 Å². The maximum absolute atomic E-state index is 11.9. The Hall–Kier alpha value is -1.62. The standard InChI is InChI=1S/C13H19N3O2/c1-2-18-12-7-6-10(9-15-12)16-13(17)11-5-3-4-8-14-11/h6-7,9,11,14H,2-5,8H2,1H3,(H,16,17). The van der Waals surface area contributed by atoms with Crippen molar-refractivity contribution < 1.29 is 9.53 Å². The van der Waals surface area contributed by atoms with Crippen LogP contribution in [0, 0.1) is 0 Å². The van der Waals surface area contributed by atoms with Gasteiger partial charge in [0.1, 0.15) is 0 Å². The molecule has 2 N–H and O–H groups in total. The first-order chi connectivity index (χ1) is 8.79. The normalized spacial score (nSPS) is 19.3. The first-order valence-corrected chi connectivity index (χ1v) is 6.42. The van der Waals surface area contributed by atoms with Crippen LogP contribution >= 0.6 is 0 Å². The van der Waals surface area contributed by atoms with Crippen molar-refractivity contribution in [1.82, 2.24) is 10.3 Å². The van der Waals surface area contributed by atoms with E-state index in [0.717, 1.165) is 25.8 Å². The summed E-state index contributed by atoms with van der Waals surface area (Å²) in [5.74, 6) is 0.590. The van der Waals surface area contributed by atoms with E-state index < -0.39 is 0 Å². The Labute approximate surface area is 107 Å². The molecular weight excluding hydrogens is 230 g/mol. The number of nitrogens with zero attached hydrogens (tertiary/aromatic N) is 1. The summed E-state index contributed by atoms with van der Waals surface area (Å²) in [5.41, 5.74) is 0.704. The number of nitrogens with one attached hydrogen (secondary N) is 2. The molecule has 5 heteroatoms. The van der Waals surface area contributed by atoms with Gasteiger partial charge in [-0.2, -0.15) is 0 Å². The van der Waals surface area contributed by atoms with Gasteiger partial charge in [-0.25, -0.2) is 4.98 Å². The van der Waals surface area contributed by atoms with Crippen LogP contribution in [0.25, 0.3) is 0 Å². The van der Waals surface area contributed by atoms with Crippen molar-refractivity contribution in [3.63, 3.8) is 0 Å². The van der Waals surface area contributed by atoms with Gasteiger partial charge in [-0.05, 0) is 32.4 Å². The van der Waals surface area contributed by atoms with Gasteiger partial charge < -0.3 is 15.4 Å². The second kappa shape index (κ2) is 6.35. The van der Waals surface area contributed by atoms with Crippen LogP contribution in [-0.2, 0) is 4.79 Å². The van der Waals surface area contributed by atoms with Crippen molar-refractivity contribution in [3.05, 3.63) is 18.3 Å². The molecule has 0 radical (unpaired) electrons. The number of piperidine rings is 1. The predicted octanol–water partition coefficient (Wildman–Crippen LogP) is 1.56. The first-order valence-electron chi connectivity index (χ1n) is 6.42. The van der Waals surface area contributed by atoms with Gasteiger partial charge in [0.2, 0.25) is 11.8 Å². The third-order valence-corrected chi connectivity index (χ3v) is 2.92. The fourth-order valence-corrected chi connectivity index (χ4v) is 1.99. The molecule has 1 atom stereocenters. The second-order valence-corrected chi connectivity index (χ2v) is 4.31. The molecule has 1 aliphatic rings. The SMILES string of the molecule is CCOc1ccc(NC(=O)C2CCCCN2)cn1. The average Bonchev–Trinajstić information content (AvgIpc) is 2.42. The zero-order valence-corrected chi connectivity index (χ0v) is 10.6. The number of anilines is 1. The average molecular weight is 249 g/mol. The molecule has 1 aromatic rings. The quantitative estimate of drug-likeness (QED) is 0.850. The minimum absolute atomic E-state index is 0.0145. The number of carbonyl (C=O) groups excluding carboxylic acids is 1. The molecule has 1 aromatic heterocycles. The molecule has 1 saturated heterocycles. The van der Waals surface area contributed by atoms with Crippen LogP contribution in [0.2, 0.25) is 0 Å². The smallest absolute Gasteiger partial charge is 0.241 e. The summed E-state index contributed by atoms with van der Waals surface area (Å²) in [6, 6.07) is 3.48. The third-order valence-electron chi connectivity index (χ3n) is 2.92. The highest BCUT2D eigenvalue weighted by Crippen LogP contribution is 2.13. The zero-order valence-electron chi connectivity index (χ0n) is 10.6. The maximum atomic E-state index is 11.9. The Balaban J connectivity index is 1.89. The zero-order chi connectivity index (χ0) is 12.8. The number of pyridine rings is 1. The summed E-state index contributed by atoms with van der Waals surface area (Å²) in [6.07, 6.45) is 4.77. The van der Waals surface area contributed by atoms with Crippen molar-refractivity contribution in [2.45, 2.75) is 32.2 Å². The molecule has 0 saturated carbocycles. The van der Waals surface area contributed by atoms with Gasteiger partial charge in [0.25, 0.3) is 0 Å². The Bertz CT molecular complexity index is 386. The number of ether oxygens (including phenoxy) is 1. The Morgan fingerprint density at radius 3 is 3.06 bits per heavy atom. The lowest BCUT2D eigenvalue weighted by molar-refractivity contribution is -0.118. The molecule has 0 aromatic carbocycles. The second-order valence-electron chi connectivity index (χ2n) is 4.31. The molecule has 18 heavy (non-hydrogen) atoms. The topological polar surface area (TPSA) is 63.2 Å². The highest BCUT2D eigenvalue weighted by Gasteiger charge is 2.20. The molecule has 98 valence electrons. The molecule has 1 aliphatic heterocycles. The van der Waals surface area contributed by atoms with E-state index in [1.54, 1.807) is 18.3 Å². The lowest BCUT2D eigenvalue weighted by atomic mass is 10.0. The fourth-order valence-electron chi connectivity index (χ4n) is 1.99. The summed E-state index contributed by atoms with van der Waals surface area (Å²) in [5, 5.41) is 6.08. The number of hydrogen-bond donors (Lipinski definition) is 2. The van der Waals surface area contributed by atoms with Crippen molar-refractivity contribution in [1.29, 1.82) is 0 Å². The van der Waals surface area contributed by atoms with E-state index in [0.29, 0.717) is 18.2 Å². The van der Waals surface area contributed by atoms with Gasteiger partial charge >= 0.3 is 0 Å². The van der Waals surface area contributed by atoms with Crippen LogP contribution in [0.4, 0.5) is 5.69 Å². The molecule has 2 rings (SSSR count).